The Bertz CT molecular complexity index is 945. The van der Waals surface area contributed by atoms with Gasteiger partial charge in [-0.05, 0) is 37.6 Å². The average molecular weight is 359 g/mol. The van der Waals surface area contributed by atoms with Crippen LogP contribution in [0.1, 0.15) is 27.2 Å². The third kappa shape index (κ3) is 2.85. The molecule has 1 heterocycles. The molecular formula is C19H16Cl2N2O. The van der Waals surface area contributed by atoms with Crippen LogP contribution in [-0.2, 0) is 7.05 Å². The number of carbonyl (C=O) groups excluding carboxylic acids is 1. The van der Waals surface area contributed by atoms with Gasteiger partial charge in [0.1, 0.15) is 0 Å². The van der Waals surface area contributed by atoms with Gasteiger partial charge in [-0.25, -0.2) is 0 Å². The van der Waals surface area contributed by atoms with Gasteiger partial charge in [-0.2, -0.15) is 5.10 Å². The van der Waals surface area contributed by atoms with Crippen molar-refractivity contribution in [1.29, 1.82) is 0 Å². The summed E-state index contributed by atoms with van der Waals surface area (Å²) in [6.07, 6.45) is 0. The molecule has 0 aliphatic carbocycles. The molecule has 0 aliphatic heterocycles. The summed E-state index contributed by atoms with van der Waals surface area (Å²) in [6.45, 7) is 3.85. The summed E-state index contributed by atoms with van der Waals surface area (Å²) in [4.78, 5) is 13.1. The number of aryl methyl sites for hydroxylation is 3. The molecule has 3 aromatic rings. The molecule has 2 aromatic carbocycles. The van der Waals surface area contributed by atoms with Crippen LogP contribution in [0.2, 0.25) is 10.0 Å². The van der Waals surface area contributed by atoms with E-state index in [2.05, 4.69) is 5.10 Å². The van der Waals surface area contributed by atoms with Crippen molar-refractivity contribution in [3.05, 3.63) is 74.9 Å². The summed E-state index contributed by atoms with van der Waals surface area (Å²) in [5.41, 5.74) is 4.52. The predicted molar refractivity (Wildman–Crippen MR) is 98.0 cm³/mol. The summed E-state index contributed by atoms with van der Waals surface area (Å²) in [5, 5.41) is 5.29. The number of hydrogen-bond acceptors (Lipinski definition) is 2. The summed E-state index contributed by atoms with van der Waals surface area (Å²) < 4.78 is 1.74. The fourth-order valence-electron chi connectivity index (χ4n) is 2.89. The fourth-order valence-corrected chi connectivity index (χ4v) is 3.38. The van der Waals surface area contributed by atoms with Gasteiger partial charge in [0.05, 0.1) is 22.0 Å². The second-order valence-corrected chi connectivity index (χ2v) is 6.54. The zero-order chi connectivity index (χ0) is 17.4. The van der Waals surface area contributed by atoms with E-state index >= 15 is 0 Å². The normalized spacial score (nSPS) is 10.9. The van der Waals surface area contributed by atoms with Gasteiger partial charge in [0.2, 0.25) is 0 Å². The molecule has 0 unspecified atom stereocenters. The largest absolute Gasteiger partial charge is 0.288 e. The zero-order valence-electron chi connectivity index (χ0n) is 13.6. The maximum atomic E-state index is 13.1. The van der Waals surface area contributed by atoms with Crippen LogP contribution in [0.3, 0.4) is 0 Å². The Morgan fingerprint density at radius 3 is 2.46 bits per heavy atom. The quantitative estimate of drug-likeness (QED) is 0.600. The van der Waals surface area contributed by atoms with E-state index in [1.165, 1.54) is 0 Å². The highest BCUT2D eigenvalue weighted by atomic mass is 35.5. The van der Waals surface area contributed by atoms with E-state index in [9.17, 15) is 4.79 Å². The lowest BCUT2D eigenvalue weighted by Crippen LogP contribution is -2.06. The lowest BCUT2D eigenvalue weighted by Gasteiger charge is -2.10. The highest BCUT2D eigenvalue weighted by Crippen LogP contribution is 2.32. The van der Waals surface area contributed by atoms with Gasteiger partial charge in [0.25, 0.3) is 0 Å². The van der Waals surface area contributed by atoms with Gasteiger partial charge in [0, 0.05) is 23.2 Å². The Morgan fingerprint density at radius 1 is 1.08 bits per heavy atom. The van der Waals surface area contributed by atoms with Crippen LogP contribution in [0.15, 0.2) is 42.5 Å². The molecule has 0 saturated carbocycles. The first-order chi connectivity index (χ1) is 11.4. The minimum Gasteiger partial charge on any atom is -0.288 e. The lowest BCUT2D eigenvalue weighted by atomic mass is 9.96. The number of halogens is 2. The predicted octanol–water partition coefficient (Wildman–Crippen LogP) is 5.24. The van der Waals surface area contributed by atoms with Crippen molar-refractivity contribution in [1.82, 2.24) is 9.78 Å². The smallest absolute Gasteiger partial charge is 0.198 e. The van der Waals surface area contributed by atoms with E-state index in [4.69, 9.17) is 23.2 Å². The fraction of sp³-hybridized carbons (Fsp3) is 0.158. The van der Waals surface area contributed by atoms with Crippen LogP contribution in [0.5, 0.6) is 0 Å². The van der Waals surface area contributed by atoms with Gasteiger partial charge < -0.3 is 0 Å². The number of hydrogen-bond donors (Lipinski definition) is 0. The van der Waals surface area contributed by atoms with Crippen molar-refractivity contribution >= 4 is 29.0 Å². The van der Waals surface area contributed by atoms with E-state index in [-0.39, 0.29) is 5.78 Å². The molecule has 24 heavy (non-hydrogen) atoms. The summed E-state index contributed by atoms with van der Waals surface area (Å²) >= 11 is 12.2. The molecule has 1 aromatic heterocycles. The molecule has 0 radical (unpaired) electrons. The molecule has 3 nitrogen and oxygen atoms in total. The van der Waals surface area contributed by atoms with Crippen LogP contribution in [0.25, 0.3) is 11.3 Å². The van der Waals surface area contributed by atoms with Crippen LogP contribution < -0.4 is 0 Å². The average Bonchev–Trinajstić information content (AvgIpc) is 2.81. The molecule has 0 amide bonds. The first kappa shape index (κ1) is 16.7. The maximum absolute atomic E-state index is 13.1. The summed E-state index contributed by atoms with van der Waals surface area (Å²) in [5.74, 6) is -0.152. The van der Waals surface area contributed by atoms with E-state index in [0.717, 1.165) is 16.8 Å². The zero-order valence-corrected chi connectivity index (χ0v) is 15.1. The monoisotopic (exact) mass is 358 g/mol. The number of nitrogens with zero attached hydrogens (tertiary/aromatic N) is 2. The molecule has 0 bridgehead atoms. The Balaban J connectivity index is 2.22. The van der Waals surface area contributed by atoms with Crippen LogP contribution in [-0.4, -0.2) is 15.6 Å². The Kier molecular flexibility index (Phi) is 4.48. The number of ketones is 1. The van der Waals surface area contributed by atoms with Gasteiger partial charge in [-0.15, -0.1) is 0 Å². The Morgan fingerprint density at radius 2 is 1.79 bits per heavy atom. The van der Waals surface area contributed by atoms with E-state index in [1.54, 1.807) is 22.9 Å². The van der Waals surface area contributed by atoms with Crippen molar-refractivity contribution in [3.8, 4) is 11.3 Å². The highest BCUT2D eigenvalue weighted by Gasteiger charge is 2.24. The molecule has 122 valence electrons. The van der Waals surface area contributed by atoms with Gasteiger partial charge in [-0.1, -0.05) is 47.5 Å². The molecule has 0 spiro atoms. The molecule has 5 heteroatoms. The SMILES string of the molecule is Cc1ccccc1-c1c(C(=O)c2ccc(Cl)cc2Cl)c(C)nn1C. The van der Waals surface area contributed by atoms with Crippen molar-refractivity contribution in [3.63, 3.8) is 0 Å². The minimum absolute atomic E-state index is 0.152. The number of rotatable bonds is 3. The van der Waals surface area contributed by atoms with Crippen molar-refractivity contribution in [2.24, 2.45) is 7.05 Å². The maximum Gasteiger partial charge on any atom is 0.198 e. The Labute approximate surface area is 150 Å². The van der Waals surface area contributed by atoms with E-state index in [0.29, 0.717) is 26.9 Å². The van der Waals surface area contributed by atoms with Gasteiger partial charge >= 0.3 is 0 Å². The van der Waals surface area contributed by atoms with Gasteiger partial charge in [0.15, 0.2) is 5.78 Å². The number of aromatic nitrogens is 2. The molecule has 0 aliphatic rings. The van der Waals surface area contributed by atoms with Crippen LogP contribution >= 0.6 is 23.2 Å². The third-order valence-electron chi connectivity index (χ3n) is 4.03. The van der Waals surface area contributed by atoms with Crippen molar-refractivity contribution in [2.75, 3.05) is 0 Å². The second kappa shape index (κ2) is 6.42. The summed E-state index contributed by atoms with van der Waals surface area (Å²) in [7, 11) is 1.84. The molecule has 3 rings (SSSR count). The highest BCUT2D eigenvalue weighted by molar-refractivity contribution is 6.37. The van der Waals surface area contributed by atoms with E-state index < -0.39 is 0 Å². The summed E-state index contributed by atoms with van der Waals surface area (Å²) in [6, 6.07) is 12.8. The minimum atomic E-state index is -0.152. The molecule has 0 N–H and O–H groups in total. The lowest BCUT2D eigenvalue weighted by molar-refractivity contribution is 0.103. The molecule has 0 atom stereocenters. The number of benzene rings is 2. The van der Waals surface area contributed by atoms with E-state index in [1.807, 2.05) is 45.2 Å². The van der Waals surface area contributed by atoms with Crippen molar-refractivity contribution in [2.45, 2.75) is 13.8 Å². The van der Waals surface area contributed by atoms with Crippen LogP contribution in [0, 0.1) is 13.8 Å². The Hall–Kier alpha value is -2.10. The first-order valence-electron chi connectivity index (χ1n) is 7.49. The number of carbonyl (C=O) groups is 1. The third-order valence-corrected chi connectivity index (χ3v) is 4.57. The topological polar surface area (TPSA) is 34.9 Å². The van der Waals surface area contributed by atoms with Gasteiger partial charge in [-0.3, -0.25) is 9.48 Å². The molecule has 0 fully saturated rings. The second-order valence-electron chi connectivity index (χ2n) is 5.70. The molecule has 0 saturated heterocycles. The van der Waals surface area contributed by atoms with Crippen LogP contribution in [0.4, 0.5) is 0 Å². The first-order valence-corrected chi connectivity index (χ1v) is 8.25. The standard InChI is InChI=1S/C19H16Cl2N2O/c1-11-6-4-5-7-14(11)18-17(12(2)22-23(18)3)19(24)15-9-8-13(20)10-16(15)21/h4-10H,1-3H3. The molecular weight excluding hydrogens is 343 g/mol. The van der Waals surface area contributed by atoms with Crippen molar-refractivity contribution < 1.29 is 4.79 Å².